The Kier molecular flexibility index (Phi) is 4.44. The van der Waals surface area contributed by atoms with Crippen molar-refractivity contribution in [3.8, 4) is 0 Å². The minimum Gasteiger partial charge on any atom is -0.385 e. The highest BCUT2D eigenvalue weighted by Crippen LogP contribution is 2.39. The van der Waals surface area contributed by atoms with Crippen LogP contribution in [-0.4, -0.2) is 24.8 Å². The van der Waals surface area contributed by atoms with Crippen LogP contribution in [0.25, 0.3) is 0 Å². The van der Waals surface area contributed by atoms with E-state index in [1.54, 1.807) is 13.2 Å². The molecule has 0 aliphatic carbocycles. The lowest BCUT2D eigenvalue weighted by Gasteiger charge is -2.16. The van der Waals surface area contributed by atoms with E-state index >= 15 is 0 Å². The number of rotatable bonds is 5. The molecule has 0 spiro atoms. The molecule has 1 aromatic rings. The molecule has 1 saturated heterocycles. The quantitative estimate of drug-likeness (QED) is 0.595. The van der Waals surface area contributed by atoms with Crippen molar-refractivity contribution in [2.75, 3.05) is 13.7 Å². The van der Waals surface area contributed by atoms with Gasteiger partial charge in [0.15, 0.2) is 0 Å². The van der Waals surface area contributed by atoms with Crippen molar-refractivity contribution in [1.82, 2.24) is 4.98 Å². The Morgan fingerprint density at radius 3 is 3.17 bits per heavy atom. The van der Waals surface area contributed by atoms with Gasteiger partial charge in [0.1, 0.15) is 0 Å². The summed E-state index contributed by atoms with van der Waals surface area (Å²) in [5.74, 6) is -0.257. The second kappa shape index (κ2) is 6.07. The lowest BCUT2D eigenvalue weighted by molar-refractivity contribution is 0.0201. The van der Waals surface area contributed by atoms with Crippen LogP contribution in [0.1, 0.15) is 24.5 Å². The first-order valence-electron chi connectivity index (χ1n) is 6.13. The Balaban J connectivity index is 2.09. The number of halogens is 1. The van der Waals surface area contributed by atoms with Crippen molar-refractivity contribution in [3.63, 3.8) is 0 Å². The van der Waals surface area contributed by atoms with Gasteiger partial charge in [-0.25, -0.2) is 4.98 Å². The van der Waals surface area contributed by atoms with Crippen LogP contribution >= 0.6 is 0 Å². The molecule has 1 aliphatic rings. The van der Waals surface area contributed by atoms with Gasteiger partial charge in [0, 0.05) is 25.8 Å². The molecule has 3 nitrogen and oxygen atoms in total. The van der Waals surface area contributed by atoms with Crippen molar-refractivity contribution in [2.45, 2.75) is 25.0 Å². The molecule has 1 aliphatic heterocycles. The van der Waals surface area contributed by atoms with Crippen molar-refractivity contribution in [1.29, 1.82) is 0 Å². The highest BCUT2D eigenvalue weighted by atomic mass is 19.1. The molecule has 2 rings (SSSR count). The van der Waals surface area contributed by atoms with Gasteiger partial charge in [-0.3, -0.25) is 0 Å². The molecule has 0 amide bonds. The number of aromatic nitrogens is 1. The maximum Gasteiger partial charge on any atom is 0.213 e. The number of methoxy groups -OCH3 is 1. The van der Waals surface area contributed by atoms with Crippen molar-refractivity contribution < 1.29 is 13.9 Å². The normalized spacial score (nSPS) is 27.3. The first-order valence-corrected chi connectivity index (χ1v) is 6.13. The highest BCUT2D eigenvalue weighted by molar-refractivity contribution is 5.18. The predicted molar refractivity (Wildman–Crippen MR) is 66.6 cm³/mol. The summed E-state index contributed by atoms with van der Waals surface area (Å²) in [6.07, 6.45) is 5.13. The molecule has 2 heterocycles. The van der Waals surface area contributed by atoms with Gasteiger partial charge >= 0.3 is 0 Å². The zero-order valence-corrected chi connectivity index (χ0v) is 10.5. The van der Waals surface area contributed by atoms with E-state index in [4.69, 9.17) is 9.47 Å². The maximum absolute atomic E-state index is 13.1. The van der Waals surface area contributed by atoms with E-state index in [1.165, 1.54) is 12.3 Å². The highest BCUT2D eigenvalue weighted by Gasteiger charge is 2.34. The summed E-state index contributed by atoms with van der Waals surface area (Å²) in [4.78, 5) is 3.56. The number of nitrogens with zero attached hydrogens (tertiary/aromatic N) is 1. The molecular formula is C14H18FNO2. The fraction of sp³-hybridized carbons (Fsp3) is 0.500. The summed E-state index contributed by atoms with van der Waals surface area (Å²) in [6, 6.07) is 3.23. The van der Waals surface area contributed by atoms with Gasteiger partial charge in [0.05, 0.1) is 12.2 Å². The average Bonchev–Trinajstić information content (AvgIpc) is 2.79. The van der Waals surface area contributed by atoms with Crippen molar-refractivity contribution in [3.05, 3.63) is 42.5 Å². The van der Waals surface area contributed by atoms with Crippen LogP contribution in [0.3, 0.4) is 0 Å². The van der Waals surface area contributed by atoms with Gasteiger partial charge in [-0.05, 0) is 30.5 Å². The molecule has 0 N–H and O–H groups in total. The number of ether oxygens (including phenoxy) is 2. The van der Waals surface area contributed by atoms with Crippen LogP contribution in [0.5, 0.6) is 0 Å². The molecule has 98 valence electrons. The molecule has 0 saturated carbocycles. The predicted octanol–water partition coefficient (Wildman–Crippen LogP) is 2.89. The topological polar surface area (TPSA) is 31.4 Å². The Bertz CT molecular complexity index is 411. The number of pyridine rings is 1. The fourth-order valence-electron chi connectivity index (χ4n) is 2.37. The smallest absolute Gasteiger partial charge is 0.213 e. The summed E-state index contributed by atoms with van der Waals surface area (Å²) in [5, 5.41) is 0. The van der Waals surface area contributed by atoms with Crippen LogP contribution in [0.4, 0.5) is 4.39 Å². The molecule has 18 heavy (non-hydrogen) atoms. The van der Waals surface area contributed by atoms with Gasteiger partial charge in [0.2, 0.25) is 5.95 Å². The molecule has 1 aromatic heterocycles. The standard InChI is InChI=1S/C14H18FNO2/c1-3-10-8-12(5-7-17-2)18-14(10)11-4-6-16-13(15)9-11/h3-4,6,9-10,12,14H,1,5,7-8H2,2H3/t10-,12+,14+/m0/s1. The Morgan fingerprint density at radius 2 is 2.50 bits per heavy atom. The van der Waals surface area contributed by atoms with Gasteiger partial charge in [0.25, 0.3) is 0 Å². The van der Waals surface area contributed by atoms with Gasteiger partial charge < -0.3 is 9.47 Å². The van der Waals surface area contributed by atoms with Gasteiger partial charge in [-0.1, -0.05) is 6.08 Å². The Morgan fingerprint density at radius 1 is 1.67 bits per heavy atom. The van der Waals surface area contributed by atoms with Crippen LogP contribution in [0.2, 0.25) is 0 Å². The van der Waals surface area contributed by atoms with Crippen LogP contribution in [0.15, 0.2) is 31.0 Å². The zero-order valence-electron chi connectivity index (χ0n) is 10.5. The van der Waals surface area contributed by atoms with Gasteiger partial charge in [-0.2, -0.15) is 4.39 Å². The lowest BCUT2D eigenvalue weighted by atomic mass is 9.94. The second-order valence-electron chi connectivity index (χ2n) is 4.51. The van der Waals surface area contributed by atoms with E-state index in [0.717, 1.165) is 18.4 Å². The maximum atomic E-state index is 13.1. The summed E-state index contributed by atoms with van der Waals surface area (Å²) in [7, 11) is 1.68. The molecule has 0 bridgehead atoms. The molecule has 0 radical (unpaired) electrons. The van der Waals surface area contributed by atoms with E-state index in [9.17, 15) is 4.39 Å². The van der Waals surface area contributed by atoms with Crippen molar-refractivity contribution >= 4 is 0 Å². The van der Waals surface area contributed by atoms with Crippen LogP contribution < -0.4 is 0 Å². The Hall–Kier alpha value is -1.26. The average molecular weight is 251 g/mol. The monoisotopic (exact) mass is 251 g/mol. The summed E-state index contributed by atoms with van der Waals surface area (Å²) >= 11 is 0. The minimum atomic E-state index is -0.473. The summed E-state index contributed by atoms with van der Waals surface area (Å²) in [6.45, 7) is 4.51. The van der Waals surface area contributed by atoms with E-state index < -0.39 is 5.95 Å². The minimum absolute atomic E-state index is 0.123. The van der Waals surface area contributed by atoms with Crippen LogP contribution in [0, 0.1) is 11.9 Å². The third kappa shape index (κ3) is 2.94. The molecule has 0 aromatic carbocycles. The number of hydrogen-bond acceptors (Lipinski definition) is 3. The molecule has 4 heteroatoms. The second-order valence-corrected chi connectivity index (χ2v) is 4.51. The third-order valence-corrected chi connectivity index (χ3v) is 3.29. The van der Waals surface area contributed by atoms with E-state index in [0.29, 0.717) is 6.61 Å². The Labute approximate surface area is 107 Å². The largest absolute Gasteiger partial charge is 0.385 e. The van der Waals surface area contributed by atoms with E-state index in [2.05, 4.69) is 11.6 Å². The first-order chi connectivity index (χ1) is 8.74. The molecular weight excluding hydrogens is 233 g/mol. The fourth-order valence-corrected chi connectivity index (χ4v) is 2.37. The molecule has 1 fully saturated rings. The summed E-state index contributed by atoms with van der Waals surface area (Å²) in [5.41, 5.74) is 0.826. The summed E-state index contributed by atoms with van der Waals surface area (Å²) < 4.78 is 24.2. The third-order valence-electron chi connectivity index (χ3n) is 3.29. The van der Waals surface area contributed by atoms with Gasteiger partial charge in [-0.15, -0.1) is 6.58 Å². The van der Waals surface area contributed by atoms with Crippen LogP contribution in [-0.2, 0) is 9.47 Å². The molecule has 0 unspecified atom stereocenters. The SMILES string of the molecule is C=C[C@H]1C[C@@H](CCOC)O[C@H]1c1ccnc(F)c1. The van der Waals surface area contributed by atoms with Crippen molar-refractivity contribution in [2.24, 2.45) is 5.92 Å². The van der Waals surface area contributed by atoms with E-state index in [1.807, 2.05) is 6.08 Å². The first kappa shape index (κ1) is 13.2. The molecule has 3 atom stereocenters. The zero-order chi connectivity index (χ0) is 13.0. The lowest BCUT2D eigenvalue weighted by Crippen LogP contribution is -2.09. The van der Waals surface area contributed by atoms with E-state index in [-0.39, 0.29) is 18.1 Å². The number of hydrogen-bond donors (Lipinski definition) is 0.